The maximum Gasteiger partial charge on any atom is 0.123 e. The highest BCUT2D eigenvalue weighted by molar-refractivity contribution is 5.25. The summed E-state index contributed by atoms with van der Waals surface area (Å²) in [4.78, 5) is 0. The second-order valence-electron chi connectivity index (χ2n) is 5.93. The Balaban J connectivity index is 2.17. The van der Waals surface area contributed by atoms with Crippen molar-refractivity contribution in [3.8, 4) is 0 Å². The predicted molar refractivity (Wildman–Crippen MR) is 85.8 cm³/mol. The lowest BCUT2D eigenvalue weighted by Gasteiger charge is -2.38. The molecule has 0 saturated heterocycles. The Morgan fingerprint density at radius 2 is 1.59 bits per heavy atom. The fourth-order valence-corrected chi connectivity index (χ4v) is 2.68. The van der Waals surface area contributed by atoms with Gasteiger partial charge in [-0.25, -0.2) is 4.39 Å². The fourth-order valence-electron chi connectivity index (χ4n) is 2.68. The van der Waals surface area contributed by atoms with E-state index in [9.17, 15) is 9.50 Å². The largest absolute Gasteiger partial charge is 0.382 e. The summed E-state index contributed by atoms with van der Waals surface area (Å²) in [5.74, 6) is -0.378. The second-order valence-corrected chi connectivity index (χ2v) is 5.93. The molecule has 2 atom stereocenters. The van der Waals surface area contributed by atoms with Gasteiger partial charge in [-0.3, -0.25) is 0 Å². The molecule has 0 amide bonds. The van der Waals surface area contributed by atoms with Gasteiger partial charge in [-0.1, -0.05) is 56.3 Å². The Morgan fingerprint density at radius 1 is 1.00 bits per heavy atom. The van der Waals surface area contributed by atoms with Crippen molar-refractivity contribution >= 4 is 0 Å². The van der Waals surface area contributed by atoms with E-state index < -0.39 is 11.7 Å². The molecule has 0 bridgehead atoms. The molecule has 0 fully saturated rings. The van der Waals surface area contributed by atoms with Crippen LogP contribution in [0.25, 0.3) is 0 Å². The number of aliphatic hydroxyl groups is 1. The van der Waals surface area contributed by atoms with Crippen LogP contribution in [-0.4, -0.2) is 11.2 Å². The maximum atomic E-state index is 13.1. The molecule has 0 unspecified atom stereocenters. The molecule has 0 aliphatic carbocycles. The van der Waals surface area contributed by atoms with Crippen LogP contribution >= 0.6 is 0 Å². The van der Waals surface area contributed by atoms with Gasteiger partial charge in [-0.2, -0.15) is 0 Å². The maximum absolute atomic E-state index is 13.1. The van der Waals surface area contributed by atoms with Crippen LogP contribution in [-0.2, 0) is 16.9 Å². The first-order valence-corrected chi connectivity index (χ1v) is 7.58. The molecule has 1 N–H and O–H groups in total. The molecule has 2 aromatic rings. The number of benzene rings is 2. The first kappa shape index (κ1) is 16.7. The number of halogens is 1. The van der Waals surface area contributed by atoms with E-state index in [2.05, 4.69) is 0 Å². The van der Waals surface area contributed by atoms with E-state index in [0.717, 1.165) is 5.56 Å². The van der Waals surface area contributed by atoms with Crippen molar-refractivity contribution < 1.29 is 14.2 Å². The summed E-state index contributed by atoms with van der Waals surface area (Å²) in [5, 5.41) is 11.1. The molecule has 0 aliphatic rings. The van der Waals surface area contributed by atoms with E-state index in [1.165, 1.54) is 12.1 Å². The number of hydrogen-bond acceptors (Lipinski definition) is 2. The molecule has 0 spiro atoms. The van der Waals surface area contributed by atoms with Crippen molar-refractivity contribution in [2.45, 2.75) is 39.1 Å². The van der Waals surface area contributed by atoms with Gasteiger partial charge in [-0.05, 0) is 36.1 Å². The molecule has 2 aromatic carbocycles. The molecular formula is C19H23FO2. The summed E-state index contributed by atoms with van der Waals surface area (Å²) in [6, 6.07) is 15.8. The summed E-state index contributed by atoms with van der Waals surface area (Å²) in [5.41, 5.74) is 0.562. The fraction of sp³-hybridized carbons (Fsp3) is 0.368. The van der Waals surface area contributed by atoms with Crippen molar-refractivity contribution in [1.82, 2.24) is 0 Å². The van der Waals surface area contributed by atoms with Gasteiger partial charge in [0.05, 0.1) is 12.7 Å². The number of rotatable bonds is 6. The van der Waals surface area contributed by atoms with Crippen molar-refractivity contribution in [3.63, 3.8) is 0 Å². The van der Waals surface area contributed by atoms with Gasteiger partial charge >= 0.3 is 0 Å². The zero-order valence-corrected chi connectivity index (χ0v) is 13.3. The van der Waals surface area contributed by atoms with Gasteiger partial charge in [0.2, 0.25) is 0 Å². The Kier molecular flexibility index (Phi) is 5.33. The molecule has 2 nitrogen and oxygen atoms in total. The normalized spacial score (nSPS) is 15.5. The van der Waals surface area contributed by atoms with Crippen LogP contribution in [0, 0.1) is 11.7 Å². The van der Waals surface area contributed by atoms with Gasteiger partial charge < -0.3 is 9.84 Å². The number of hydrogen-bond donors (Lipinski definition) is 1. The summed E-state index contributed by atoms with van der Waals surface area (Å²) in [6.07, 6.45) is -0.418. The molecule has 118 valence electrons. The van der Waals surface area contributed by atoms with Crippen molar-refractivity contribution in [2.75, 3.05) is 0 Å². The molecule has 0 aromatic heterocycles. The first-order valence-electron chi connectivity index (χ1n) is 7.58. The molecule has 2 rings (SSSR count). The van der Waals surface area contributed by atoms with Crippen LogP contribution in [0.2, 0.25) is 0 Å². The molecule has 0 saturated carbocycles. The van der Waals surface area contributed by atoms with E-state index >= 15 is 0 Å². The van der Waals surface area contributed by atoms with E-state index in [1.807, 2.05) is 51.1 Å². The quantitative estimate of drug-likeness (QED) is 0.863. The molecule has 0 heterocycles. The van der Waals surface area contributed by atoms with E-state index in [4.69, 9.17) is 4.74 Å². The highest BCUT2D eigenvalue weighted by atomic mass is 19.1. The van der Waals surface area contributed by atoms with Crippen LogP contribution in [0.5, 0.6) is 0 Å². The Morgan fingerprint density at radius 3 is 2.14 bits per heavy atom. The van der Waals surface area contributed by atoms with Crippen LogP contribution in [0.4, 0.5) is 4.39 Å². The minimum Gasteiger partial charge on any atom is -0.382 e. The van der Waals surface area contributed by atoms with Gasteiger partial charge in [0, 0.05) is 0 Å². The summed E-state index contributed by atoms with van der Waals surface area (Å²) in [6.45, 7) is 6.15. The van der Waals surface area contributed by atoms with E-state index in [0.29, 0.717) is 12.2 Å². The third-order valence-corrected chi connectivity index (χ3v) is 4.15. The second kappa shape index (κ2) is 7.03. The average molecular weight is 302 g/mol. The zero-order valence-electron chi connectivity index (χ0n) is 13.3. The van der Waals surface area contributed by atoms with E-state index in [1.54, 1.807) is 12.1 Å². The van der Waals surface area contributed by atoms with Crippen molar-refractivity contribution in [2.24, 2.45) is 5.92 Å². The van der Waals surface area contributed by atoms with Gasteiger partial charge in [0.15, 0.2) is 0 Å². The first-order chi connectivity index (χ1) is 10.4. The summed E-state index contributed by atoms with van der Waals surface area (Å²) < 4.78 is 19.0. The predicted octanol–water partition coefficient (Wildman–Crippen LogP) is 4.27. The molecular weight excluding hydrogens is 279 g/mol. The van der Waals surface area contributed by atoms with Gasteiger partial charge in [0.1, 0.15) is 11.4 Å². The summed E-state index contributed by atoms with van der Waals surface area (Å²) in [7, 11) is 0. The van der Waals surface area contributed by atoms with Gasteiger partial charge in [-0.15, -0.1) is 0 Å². The Labute approximate surface area is 131 Å². The lowest BCUT2D eigenvalue weighted by atomic mass is 9.79. The van der Waals surface area contributed by atoms with Crippen LogP contribution in [0.1, 0.15) is 31.9 Å². The lowest BCUT2D eigenvalue weighted by molar-refractivity contribution is -0.137. The standard InChI is InChI=1S/C19H23FO2/c1-14(2)19(21,17-9-11-18(20)12-10-17)15(3)22-13-16-7-5-4-6-8-16/h4-12,14-15,21H,13H2,1-3H3/t15-,19-/m0/s1. The van der Waals surface area contributed by atoms with Crippen LogP contribution < -0.4 is 0 Å². The summed E-state index contributed by atoms with van der Waals surface area (Å²) >= 11 is 0. The highest BCUT2D eigenvalue weighted by Gasteiger charge is 2.39. The monoisotopic (exact) mass is 302 g/mol. The smallest absolute Gasteiger partial charge is 0.123 e. The minimum atomic E-state index is -1.16. The molecule has 3 heteroatoms. The highest BCUT2D eigenvalue weighted by Crippen LogP contribution is 2.35. The Bertz CT molecular complexity index is 580. The Hall–Kier alpha value is -1.71. The lowest BCUT2D eigenvalue weighted by Crippen LogP contribution is -2.44. The van der Waals surface area contributed by atoms with E-state index in [-0.39, 0.29) is 11.7 Å². The third-order valence-electron chi connectivity index (χ3n) is 4.15. The number of ether oxygens (including phenoxy) is 1. The van der Waals surface area contributed by atoms with Crippen molar-refractivity contribution in [1.29, 1.82) is 0 Å². The topological polar surface area (TPSA) is 29.5 Å². The molecule has 22 heavy (non-hydrogen) atoms. The average Bonchev–Trinajstić information content (AvgIpc) is 2.53. The zero-order chi connectivity index (χ0) is 16.2. The SMILES string of the molecule is CC(C)[C@@](O)(c1ccc(F)cc1)[C@H](C)OCc1ccccc1. The van der Waals surface area contributed by atoms with Crippen LogP contribution in [0.3, 0.4) is 0 Å². The minimum absolute atomic E-state index is 0.0660. The third kappa shape index (κ3) is 3.54. The van der Waals surface area contributed by atoms with Crippen molar-refractivity contribution in [3.05, 3.63) is 71.5 Å². The molecule has 0 radical (unpaired) electrons. The van der Waals surface area contributed by atoms with Crippen LogP contribution in [0.15, 0.2) is 54.6 Å². The molecule has 0 aliphatic heterocycles. The van der Waals surface area contributed by atoms with Gasteiger partial charge in [0.25, 0.3) is 0 Å².